The number of rotatable bonds is 6. The zero-order chi connectivity index (χ0) is 19.3. The average molecular weight is 433 g/mol. The molecule has 4 rings (SSSR count). The number of furan rings is 1. The fourth-order valence-corrected chi connectivity index (χ4v) is 3.25. The predicted octanol–water partition coefficient (Wildman–Crippen LogP) is 6.67. The first-order valence-corrected chi connectivity index (χ1v) is 9.65. The molecule has 0 aliphatic heterocycles. The minimum absolute atomic E-state index is 0.148. The van der Waals surface area contributed by atoms with E-state index in [0.29, 0.717) is 23.7 Å². The lowest BCUT2D eigenvalue weighted by atomic mass is 10.1. The number of carbonyl (C=O) groups excluding carboxylic acids is 1. The monoisotopic (exact) mass is 432 g/mol. The fraction of sp³-hybridized carbons (Fsp3) is 0.0417. The van der Waals surface area contributed by atoms with Crippen molar-refractivity contribution in [3.05, 3.63) is 106 Å². The van der Waals surface area contributed by atoms with E-state index < -0.39 is 0 Å². The molecule has 4 aromatic rings. The molecule has 3 nitrogen and oxygen atoms in total. The highest BCUT2D eigenvalue weighted by atomic mass is 79.9. The van der Waals surface area contributed by atoms with Crippen LogP contribution >= 0.6 is 15.9 Å². The molecule has 28 heavy (non-hydrogen) atoms. The second-order valence-corrected chi connectivity index (χ2v) is 7.21. The van der Waals surface area contributed by atoms with Crippen LogP contribution in [0.2, 0.25) is 0 Å². The van der Waals surface area contributed by atoms with Crippen molar-refractivity contribution >= 4 is 38.8 Å². The number of halogens is 1. The molecule has 1 aromatic heterocycles. The van der Waals surface area contributed by atoms with Gasteiger partial charge in [-0.1, -0.05) is 64.5 Å². The molecule has 4 heteroatoms. The number of hydrogen-bond acceptors (Lipinski definition) is 3. The molecule has 0 N–H and O–H groups in total. The lowest BCUT2D eigenvalue weighted by Gasteiger charge is -2.10. The molecule has 0 atom stereocenters. The fourth-order valence-electron chi connectivity index (χ4n) is 2.89. The van der Waals surface area contributed by atoms with Crippen molar-refractivity contribution < 1.29 is 13.9 Å². The minimum atomic E-state index is -0.148. The minimum Gasteiger partial charge on any atom is -0.488 e. The summed E-state index contributed by atoms with van der Waals surface area (Å²) in [6.45, 7) is 0.399. The van der Waals surface area contributed by atoms with Crippen molar-refractivity contribution in [2.24, 2.45) is 0 Å². The normalized spacial score (nSPS) is 11.2. The van der Waals surface area contributed by atoms with Crippen LogP contribution < -0.4 is 4.74 Å². The number of ketones is 1. The maximum absolute atomic E-state index is 12.8. The van der Waals surface area contributed by atoms with Gasteiger partial charge in [0.25, 0.3) is 0 Å². The molecule has 0 fully saturated rings. The van der Waals surface area contributed by atoms with Gasteiger partial charge in [-0.25, -0.2) is 0 Å². The van der Waals surface area contributed by atoms with Crippen molar-refractivity contribution in [1.29, 1.82) is 0 Å². The molecule has 0 saturated carbocycles. The van der Waals surface area contributed by atoms with Crippen LogP contribution in [0.3, 0.4) is 0 Å². The highest BCUT2D eigenvalue weighted by molar-refractivity contribution is 9.10. The van der Waals surface area contributed by atoms with Gasteiger partial charge in [0.15, 0.2) is 5.78 Å². The summed E-state index contributed by atoms with van der Waals surface area (Å²) in [7, 11) is 0. The molecule has 138 valence electrons. The van der Waals surface area contributed by atoms with E-state index in [1.54, 1.807) is 18.2 Å². The van der Waals surface area contributed by atoms with E-state index >= 15 is 0 Å². The Bertz CT molecular complexity index is 1110. The topological polar surface area (TPSA) is 39.4 Å². The second kappa shape index (κ2) is 8.28. The third kappa shape index (κ3) is 4.24. The molecule has 0 aliphatic rings. The first kappa shape index (κ1) is 18.3. The lowest BCUT2D eigenvalue weighted by molar-refractivity contribution is 0.104. The number of carbonyl (C=O) groups is 1. The van der Waals surface area contributed by atoms with Crippen molar-refractivity contribution in [3.8, 4) is 5.75 Å². The summed E-state index contributed by atoms with van der Waals surface area (Å²) in [5.41, 5.74) is 2.34. The van der Waals surface area contributed by atoms with E-state index in [9.17, 15) is 4.79 Å². The second-order valence-electron chi connectivity index (χ2n) is 6.30. The third-order valence-corrected chi connectivity index (χ3v) is 4.78. The van der Waals surface area contributed by atoms with Gasteiger partial charge in [-0.3, -0.25) is 4.79 Å². The van der Waals surface area contributed by atoms with Crippen molar-refractivity contribution in [2.75, 3.05) is 0 Å². The van der Waals surface area contributed by atoms with Gasteiger partial charge in [0.2, 0.25) is 0 Å². The maximum atomic E-state index is 12.8. The van der Waals surface area contributed by atoms with E-state index in [0.717, 1.165) is 21.0 Å². The van der Waals surface area contributed by atoms with Crippen LogP contribution in [0.5, 0.6) is 5.75 Å². The lowest BCUT2D eigenvalue weighted by Crippen LogP contribution is -2.02. The van der Waals surface area contributed by atoms with Crippen LogP contribution in [-0.4, -0.2) is 5.78 Å². The van der Waals surface area contributed by atoms with E-state index in [-0.39, 0.29) is 5.78 Å². The highest BCUT2D eigenvalue weighted by Crippen LogP contribution is 2.26. The summed E-state index contributed by atoms with van der Waals surface area (Å²) < 4.78 is 12.5. The molecular formula is C24H17BrO3. The number of allylic oxidation sites excluding steroid dienone is 1. The van der Waals surface area contributed by atoms with Gasteiger partial charge < -0.3 is 9.15 Å². The van der Waals surface area contributed by atoms with E-state index in [1.807, 2.05) is 66.7 Å². The number of benzene rings is 3. The Morgan fingerprint density at radius 2 is 1.75 bits per heavy atom. The summed E-state index contributed by atoms with van der Waals surface area (Å²) in [5.74, 6) is 1.03. The van der Waals surface area contributed by atoms with Crippen LogP contribution in [0.1, 0.15) is 21.7 Å². The zero-order valence-corrected chi connectivity index (χ0v) is 16.6. The molecule has 1 heterocycles. The van der Waals surface area contributed by atoms with Crippen LogP contribution in [-0.2, 0) is 6.61 Å². The Morgan fingerprint density at radius 1 is 0.964 bits per heavy atom. The SMILES string of the molecule is O=C(/C=C/c1cc2ccccc2o1)c1cc(Br)ccc1OCc1ccccc1. The summed E-state index contributed by atoms with van der Waals surface area (Å²) in [6.07, 6.45) is 3.19. The standard InChI is InChI=1S/C24H17BrO3/c25-19-10-13-24(27-16-17-6-2-1-3-7-17)21(15-19)22(26)12-11-20-14-18-8-4-5-9-23(18)28-20/h1-15H,16H2/b12-11+. The number of para-hydroxylation sites is 1. The molecule has 0 saturated heterocycles. The average Bonchev–Trinajstić information content (AvgIpc) is 3.15. The molecule has 0 unspecified atom stereocenters. The van der Waals surface area contributed by atoms with Crippen LogP contribution in [0.15, 0.2) is 93.8 Å². The highest BCUT2D eigenvalue weighted by Gasteiger charge is 2.12. The van der Waals surface area contributed by atoms with Crippen molar-refractivity contribution in [3.63, 3.8) is 0 Å². The summed E-state index contributed by atoms with van der Waals surface area (Å²) in [5, 5.41) is 1.00. The molecule has 0 aliphatic carbocycles. The molecule has 0 radical (unpaired) electrons. The van der Waals surface area contributed by atoms with Crippen molar-refractivity contribution in [1.82, 2.24) is 0 Å². The zero-order valence-electron chi connectivity index (χ0n) is 15.0. The molecule has 0 spiro atoms. The quantitative estimate of drug-likeness (QED) is 0.252. The van der Waals surface area contributed by atoms with Crippen LogP contribution in [0, 0.1) is 0 Å². The van der Waals surface area contributed by atoms with E-state index in [2.05, 4.69) is 15.9 Å². The van der Waals surface area contributed by atoms with Gasteiger partial charge in [0, 0.05) is 9.86 Å². The Hall–Kier alpha value is -3.11. The van der Waals surface area contributed by atoms with Gasteiger partial charge in [0.05, 0.1) is 5.56 Å². The van der Waals surface area contributed by atoms with Gasteiger partial charge in [0.1, 0.15) is 23.7 Å². The Labute approximate surface area is 171 Å². The van der Waals surface area contributed by atoms with Gasteiger partial charge in [-0.05, 0) is 48.0 Å². The summed E-state index contributed by atoms with van der Waals surface area (Å²) >= 11 is 3.43. The van der Waals surface area contributed by atoms with E-state index in [4.69, 9.17) is 9.15 Å². The number of hydrogen-bond donors (Lipinski definition) is 0. The Kier molecular flexibility index (Phi) is 5.40. The largest absolute Gasteiger partial charge is 0.488 e. The summed E-state index contributed by atoms with van der Waals surface area (Å²) in [6, 6.07) is 24.9. The van der Waals surface area contributed by atoms with Gasteiger partial charge >= 0.3 is 0 Å². The molecule has 3 aromatic carbocycles. The predicted molar refractivity (Wildman–Crippen MR) is 114 cm³/mol. The summed E-state index contributed by atoms with van der Waals surface area (Å²) in [4.78, 5) is 12.8. The van der Waals surface area contributed by atoms with Crippen LogP contribution in [0.4, 0.5) is 0 Å². The maximum Gasteiger partial charge on any atom is 0.189 e. The van der Waals surface area contributed by atoms with Gasteiger partial charge in [-0.15, -0.1) is 0 Å². The van der Waals surface area contributed by atoms with Crippen molar-refractivity contribution in [2.45, 2.75) is 6.61 Å². The van der Waals surface area contributed by atoms with Gasteiger partial charge in [-0.2, -0.15) is 0 Å². The molecular weight excluding hydrogens is 416 g/mol. The molecule has 0 bridgehead atoms. The van der Waals surface area contributed by atoms with E-state index in [1.165, 1.54) is 6.08 Å². The third-order valence-electron chi connectivity index (χ3n) is 4.29. The van der Waals surface area contributed by atoms with Crippen LogP contribution in [0.25, 0.3) is 17.0 Å². The Morgan fingerprint density at radius 3 is 2.57 bits per heavy atom. The number of ether oxygens (including phenoxy) is 1. The first-order valence-electron chi connectivity index (χ1n) is 8.86. The smallest absolute Gasteiger partial charge is 0.189 e. The molecule has 0 amide bonds. The Balaban J connectivity index is 1.55. The first-order chi connectivity index (χ1) is 13.7. The number of fused-ring (bicyclic) bond motifs is 1.